The van der Waals surface area contributed by atoms with Crippen molar-refractivity contribution in [2.45, 2.75) is 13.5 Å². The quantitative estimate of drug-likeness (QED) is 0.743. The number of nitrogens with zero attached hydrogens (tertiary/aromatic N) is 4. The highest BCUT2D eigenvalue weighted by atomic mass is 15.2. The molecule has 0 aliphatic heterocycles. The Kier molecular flexibility index (Phi) is 2.44. The van der Waals surface area contributed by atoms with E-state index < -0.39 is 0 Å². The Morgan fingerprint density at radius 2 is 1.94 bits per heavy atom. The van der Waals surface area contributed by atoms with E-state index in [0.717, 1.165) is 28.8 Å². The van der Waals surface area contributed by atoms with Crippen LogP contribution in [0.2, 0.25) is 0 Å². The van der Waals surface area contributed by atoms with Crippen molar-refractivity contribution in [3.63, 3.8) is 0 Å². The Morgan fingerprint density at radius 3 is 2.72 bits per heavy atom. The van der Waals surface area contributed by atoms with Crippen molar-refractivity contribution < 1.29 is 0 Å². The minimum Gasteiger partial charge on any atom is -0.382 e. The second-order valence-corrected chi connectivity index (χ2v) is 4.02. The molecule has 2 heterocycles. The summed E-state index contributed by atoms with van der Waals surface area (Å²) in [7, 11) is 0. The number of hydrogen-bond acceptors (Lipinski definition) is 4. The number of benzene rings is 1. The Balaban J connectivity index is 2.34. The number of fused-ring (bicyclic) bond motifs is 1. The topological polar surface area (TPSA) is 69.6 Å². The standard InChI is InChI=1S/C13H13N5/c1-2-18-8-7-15-13(18)11-9-5-3-4-6-10(9)12(14)17-16-11/h3-8H,2H2,1H3,(H2,14,17). The average molecular weight is 239 g/mol. The number of rotatable bonds is 2. The molecule has 0 saturated heterocycles. The second-order valence-electron chi connectivity index (χ2n) is 4.02. The van der Waals surface area contributed by atoms with Crippen LogP contribution in [0.15, 0.2) is 36.7 Å². The number of nitrogens with two attached hydrogens (primary N) is 1. The van der Waals surface area contributed by atoms with Gasteiger partial charge in [0.25, 0.3) is 0 Å². The van der Waals surface area contributed by atoms with Gasteiger partial charge < -0.3 is 10.3 Å². The van der Waals surface area contributed by atoms with Crippen molar-refractivity contribution in [1.29, 1.82) is 0 Å². The number of hydrogen-bond donors (Lipinski definition) is 1. The maximum Gasteiger partial charge on any atom is 0.161 e. The molecule has 0 bridgehead atoms. The molecule has 90 valence electrons. The molecule has 2 aromatic heterocycles. The van der Waals surface area contributed by atoms with Gasteiger partial charge in [-0.1, -0.05) is 24.3 Å². The molecule has 18 heavy (non-hydrogen) atoms. The number of imidazole rings is 1. The van der Waals surface area contributed by atoms with Gasteiger partial charge in [0.1, 0.15) is 5.69 Å². The molecule has 5 nitrogen and oxygen atoms in total. The smallest absolute Gasteiger partial charge is 0.161 e. The molecule has 0 fully saturated rings. The third kappa shape index (κ3) is 1.52. The van der Waals surface area contributed by atoms with Crippen molar-refractivity contribution in [3.8, 4) is 11.5 Å². The first-order valence-corrected chi connectivity index (χ1v) is 5.83. The summed E-state index contributed by atoms with van der Waals surface area (Å²) in [5, 5.41) is 10.1. The van der Waals surface area contributed by atoms with Crippen molar-refractivity contribution in [1.82, 2.24) is 19.7 Å². The van der Waals surface area contributed by atoms with Crippen LogP contribution in [0.3, 0.4) is 0 Å². The largest absolute Gasteiger partial charge is 0.382 e. The highest BCUT2D eigenvalue weighted by Crippen LogP contribution is 2.27. The van der Waals surface area contributed by atoms with Gasteiger partial charge in [0, 0.05) is 29.7 Å². The molecule has 0 atom stereocenters. The van der Waals surface area contributed by atoms with Crippen LogP contribution in [0.4, 0.5) is 5.82 Å². The third-order valence-electron chi connectivity index (χ3n) is 2.98. The van der Waals surface area contributed by atoms with Gasteiger partial charge in [-0.3, -0.25) is 0 Å². The molecule has 2 N–H and O–H groups in total. The van der Waals surface area contributed by atoms with Gasteiger partial charge in [0.2, 0.25) is 0 Å². The summed E-state index contributed by atoms with van der Waals surface area (Å²) in [6.45, 7) is 2.91. The number of aryl methyl sites for hydroxylation is 1. The first-order chi connectivity index (χ1) is 8.81. The fraction of sp³-hybridized carbons (Fsp3) is 0.154. The maximum absolute atomic E-state index is 5.85. The molecule has 0 aliphatic carbocycles. The zero-order chi connectivity index (χ0) is 12.5. The van der Waals surface area contributed by atoms with Crippen molar-refractivity contribution in [2.75, 3.05) is 5.73 Å². The first kappa shape index (κ1) is 10.7. The maximum atomic E-state index is 5.85. The monoisotopic (exact) mass is 239 g/mol. The molecular formula is C13H13N5. The summed E-state index contributed by atoms with van der Waals surface area (Å²) in [5.41, 5.74) is 6.62. The molecule has 1 aromatic carbocycles. The van der Waals surface area contributed by atoms with E-state index in [9.17, 15) is 0 Å². The lowest BCUT2D eigenvalue weighted by atomic mass is 10.1. The van der Waals surface area contributed by atoms with Crippen LogP contribution in [0.5, 0.6) is 0 Å². The van der Waals surface area contributed by atoms with Crippen LogP contribution < -0.4 is 5.73 Å². The summed E-state index contributed by atoms with van der Waals surface area (Å²) in [6.07, 6.45) is 3.70. The van der Waals surface area contributed by atoms with Crippen molar-refractivity contribution in [2.24, 2.45) is 0 Å². The summed E-state index contributed by atoms with van der Waals surface area (Å²) in [5.74, 6) is 1.27. The molecule has 3 aromatic rings. The molecule has 0 aliphatic rings. The average Bonchev–Trinajstić information content (AvgIpc) is 2.88. The number of nitrogen functional groups attached to an aromatic ring is 1. The Labute approximate surface area is 104 Å². The van der Waals surface area contributed by atoms with E-state index in [-0.39, 0.29) is 0 Å². The predicted molar refractivity (Wildman–Crippen MR) is 70.8 cm³/mol. The minimum atomic E-state index is 0.448. The van der Waals surface area contributed by atoms with Gasteiger partial charge in [-0.05, 0) is 6.92 Å². The zero-order valence-electron chi connectivity index (χ0n) is 10.0. The third-order valence-corrected chi connectivity index (χ3v) is 2.98. The normalized spacial score (nSPS) is 10.9. The fourth-order valence-electron chi connectivity index (χ4n) is 2.07. The van der Waals surface area contributed by atoms with Gasteiger partial charge >= 0.3 is 0 Å². The second kappa shape index (κ2) is 4.10. The van der Waals surface area contributed by atoms with E-state index in [1.807, 2.05) is 35.0 Å². The number of anilines is 1. The molecule has 0 spiro atoms. The summed E-state index contributed by atoms with van der Waals surface area (Å²) in [4.78, 5) is 4.36. The summed E-state index contributed by atoms with van der Waals surface area (Å²) >= 11 is 0. The number of aromatic nitrogens is 4. The Morgan fingerprint density at radius 1 is 1.17 bits per heavy atom. The lowest BCUT2D eigenvalue weighted by Crippen LogP contribution is -2.02. The van der Waals surface area contributed by atoms with Gasteiger partial charge in [-0.25, -0.2) is 4.98 Å². The van der Waals surface area contributed by atoms with Crippen LogP contribution in [0.25, 0.3) is 22.3 Å². The zero-order valence-corrected chi connectivity index (χ0v) is 10.0. The Bertz CT molecular complexity index is 701. The highest BCUT2D eigenvalue weighted by Gasteiger charge is 2.12. The minimum absolute atomic E-state index is 0.448. The lowest BCUT2D eigenvalue weighted by molar-refractivity contribution is 0.766. The summed E-state index contributed by atoms with van der Waals surface area (Å²) < 4.78 is 2.03. The molecule has 0 saturated carbocycles. The van der Waals surface area contributed by atoms with E-state index in [1.54, 1.807) is 6.20 Å². The van der Waals surface area contributed by atoms with Gasteiger partial charge in [-0.15, -0.1) is 10.2 Å². The SMILES string of the molecule is CCn1ccnc1-c1nnc(N)c2ccccc12. The van der Waals surface area contributed by atoms with E-state index in [1.165, 1.54) is 0 Å². The Hall–Kier alpha value is -2.43. The van der Waals surface area contributed by atoms with Gasteiger partial charge in [0.15, 0.2) is 11.6 Å². The molecule has 5 heteroatoms. The predicted octanol–water partition coefficient (Wildman–Crippen LogP) is 2.10. The van der Waals surface area contributed by atoms with Crippen LogP contribution >= 0.6 is 0 Å². The molecule has 0 radical (unpaired) electrons. The van der Waals surface area contributed by atoms with Crippen LogP contribution in [-0.4, -0.2) is 19.7 Å². The summed E-state index contributed by atoms with van der Waals surface area (Å²) in [6, 6.07) is 7.84. The molecular weight excluding hydrogens is 226 g/mol. The highest BCUT2D eigenvalue weighted by molar-refractivity contribution is 5.98. The van der Waals surface area contributed by atoms with E-state index >= 15 is 0 Å². The van der Waals surface area contributed by atoms with Crippen molar-refractivity contribution in [3.05, 3.63) is 36.7 Å². The van der Waals surface area contributed by atoms with Gasteiger partial charge in [0.05, 0.1) is 0 Å². The fourth-order valence-corrected chi connectivity index (χ4v) is 2.07. The van der Waals surface area contributed by atoms with E-state index in [2.05, 4.69) is 22.1 Å². The van der Waals surface area contributed by atoms with Crippen LogP contribution in [0, 0.1) is 0 Å². The first-order valence-electron chi connectivity index (χ1n) is 5.83. The molecule has 0 amide bonds. The van der Waals surface area contributed by atoms with Crippen LogP contribution in [-0.2, 0) is 6.54 Å². The van der Waals surface area contributed by atoms with Crippen LogP contribution in [0.1, 0.15) is 6.92 Å². The van der Waals surface area contributed by atoms with Gasteiger partial charge in [-0.2, -0.15) is 0 Å². The lowest BCUT2D eigenvalue weighted by Gasteiger charge is -2.07. The molecule has 0 unspecified atom stereocenters. The van der Waals surface area contributed by atoms with E-state index in [4.69, 9.17) is 5.73 Å². The van der Waals surface area contributed by atoms with Crippen molar-refractivity contribution >= 4 is 16.6 Å². The van der Waals surface area contributed by atoms with E-state index in [0.29, 0.717) is 5.82 Å². The molecule has 3 rings (SSSR count).